The van der Waals surface area contributed by atoms with Gasteiger partial charge in [0.2, 0.25) is 0 Å². The summed E-state index contributed by atoms with van der Waals surface area (Å²) < 4.78 is 5.23. The van der Waals surface area contributed by atoms with E-state index in [0.29, 0.717) is 0 Å². The monoisotopic (exact) mass is 262 g/mol. The molecule has 1 saturated heterocycles. The molecule has 1 aromatic rings. The predicted molar refractivity (Wildman–Crippen MR) is 79.2 cm³/mol. The zero-order valence-electron chi connectivity index (χ0n) is 11.9. The molecule has 1 aliphatic heterocycles. The molecule has 3 nitrogen and oxygen atoms in total. The number of likely N-dealkylation sites (tertiary alicyclic amines) is 1. The first-order valence-electron chi connectivity index (χ1n) is 7.28. The maximum Gasteiger partial charge on any atom is 0.0491 e. The Bertz CT molecular complexity index is 347. The maximum absolute atomic E-state index is 6.26. The van der Waals surface area contributed by atoms with E-state index in [-0.39, 0.29) is 6.04 Å². The van der Waals surface area contributed by atoms with Crippen LogP contribution in [0.15, 0.2) is 30.3 Å². The molecule has 3 heteroatoms. The van der Waals surface area contributed by atoms with E-state index >= 15 is 0 Å². The van der Waals surface area contributed by atoms with Crippen molar-refractivity contribution in [2.45, 2.75) is 25.3 Å². The number of ether oxygens (including phenoxy) is 1. The van der Waals surface area contributed by atoms with E-state index in [1.165, 1.54) is 18.4 Å². The topological polar surface area (TPSA) is 38.5 Å². The largest absolute Gasteiger partial charge is 0.384 e. The van der Waals surface area contributed by atoms with Gasteiger partial charge in [-0.05, 0) is 43.8 Å². The van der Waals surface area contributed by atoms with Crippen molar-refractivity contribution in [2.75, 3.05) is 33.4 Å². The number of methoxy groups -OCH3 is 1. The molecule has 0 aliphatic carbocycles. The minimum absolute atomic E-state index is 0.237. The fourth-order valence-electron chi connectivity index (χ4n) is 2.88. The fraction of sp³-hybridized carbons (Fsp3) is 0.625. The lowest BCUT2D eigenvalue weighted by molar-refractivity contribution is 0.0971. The summed E-state index contributed by atoms with van der Waals surface area (Å²) in [5.74, 6) is 0.742. The molecule has 1 unspecified atom stereocenters. The first-order chi connectivity index (χ1) is 9.28. The van der Waals surface area contributed by atoms with E-state index in [1.807, 2.05) is 0 Å². The molecular weight excluding hydrogens is 236 g/mol. The summed E-state index contributed by atoms with van der Waals surface area (Å²) >= 11 is 0. The lowest BCUT2D eigenvalue weighted by atomic mass is 9.97. The van der Waals surface area contributed by atoms with Crippen LogP contribution in [0.1, 0.15) is 18.4 Å². The molecule has 1 fully saturated rings. The molecule has 0 saturated carbocycles. The van der Waals surface area contributed by atoms with Gasteiger partial charge in [0, 0.05) is 26.3 Å². The minimum atomic E-state index is 0.237. The molecule has 0 radical (unpaired) electrons. The van der Waals surface area contributed by atoms with Crippen molar-refractivity contribution in [2.24, 2.45) is 11.7 Å². The Morgan fingerprint density at radius 2 is 1.95 bits per heavy atom. The van der Waals surface area contributed by atoms with Gasteiger partial charge in [-0.15, -0.1) is 0 Å². The standard InChI is InChI=1S/C16H26N2O/c1-19-13-15-7-9-18(10-8-15)12-16(17)11-14-5-3-2-4-6-14/h2-6,15-16H,7-13,17H2,1H3. The zero-order valence-corrected chi connectivity index (χ0v) is 11.9. The fourth-order valence-corrected chi connectivity index (χ4v) is 2.88. The van der Waals surface area contributed by atoms with E-state index < -0.39 is 0 Å². The van der Waals surface area contributed by atoms with E-state index in [2.05, 4.69) is 35.2 Å². The molecule has 0 bridgehead atoms. The number of piperidine rings is 1. The summed E-state index contributed by atoms with van der Waals surface area (Å²) in [5, 5.41) is 0. The smallest absolute Gasteiger partial charge is 0.0491 e. The van der Waals surface area contributed by atoms with Crippen LogP contribution in [0.5, 0.6) is 0 Å². The third kappa shape index (κ3) is 4.94. The zero-order chi connectivity index (χ0) is 13.5. The molecule has 1 heterocycles. The van der Waals surface area contributed by atoms with Crippen LogP contribution in [0.3, 0.4) is 0 Å². The Morgan fingerprint density at radius 1 is 1.26 bits per heavy atom. The van der Waals surface area contributed by atoms with E-state index in [1.54, 1.807) is 7.11 Å². The van der Waals surface area contributed by atoms with Crippen LogP contribution in [-0.4, -0.2) is 44.3 Å². The number of rotatable bonds is 6. The highest BCUT2D eigenvalue weighted by Crippen LogP contribution is 2.17. The number of nitrogens with two attached hydrogens (primary N) is 1. The van der Waals surface area contributed by atoms with E-state index in [9.17, 15) is 0 Å². The molecule has 2 N–H and O–H groups in total. The van der Waals surface area contributed by atoms with Crippen molar-refractivity contribution in [1.29, 1.82) is 0 Å². The highest BCUT2D eigenvalue weighted by molar-refractivity contribution is 5.15. The first-order valence-corrected chi connectivity index (χ1v) is 7.28. The van der Waals surface area contributed by atoms with Gasteiger partial charge >= 0.3 is 0 Å². The summed E-state index contributed by atoms with van der Waals surface area (Å²) in [4.78, 5) is 2.50. The number of hydrogen-bond acceptors (Lipinski definition) is 3. The number of hydrogen-bond donors (Lipinski definition) is 1. The van der Waals surface area contributed by atoms with Crippen LogP contribution in [0.4, 0.5) is 0 Å². The van der Waals surface area contributed by atoms with Gasteiger partial charge in [-0.1, -0.05) is 30.3 Å². The quantitative estimate of drug-likeness (QED) is 0.851. The summed E-state index contributed by atoms with van der Waals surface area (Å²) in [6, 6.07) is 10.8. The van der Waals surface area contributed by atoms with E-state index in [0.717, 1.165) is 38.6 Å². The van der Waals surface area contributed by atoms with Gasteiger partial charge < -0.3 is 15.4 Å². The van der Waals surface area contributed by atoms with Crippen LogP contribution in [-0.2, 0) is 11.2 Å². The summed E-state index contributed by atoms with van der Waals surface area (Å²) in [6.07, 6.45) is 3.45. The van der Waals surface area contributed by atoms with Gasteiger partial charge in [-0.2, -0.15) is 0 Å². The lowest BCUT2D eigenvalue weighted by Gasteiger charge is -2.33. The summed E-state index contributed by atoms with van der Waals surface area (Å²) in [6.45, 7) is 4.24. The van der Waals surface area contributed by atoms with Crippen molar-refractivity contribution in [3.05, 3.63) is 35.9 Å². The SMILES string of the molecule is COCC1CCN(CC(N)Cc2ccccc2)CC1. The van der Waals surface area contributed by atoms with Gasteiger partial charge in [-0.3, -0.25) is 0 Å². The Hall–Kier alpha value is -0.900. The maximum atomic E-state index is 6.26. The Kier molecular flexibility index (Phi) is 5.83. The van der Waals surface area contributed by atoms with Crippen LogP contribution < -0.4 is 5.73 Å². The Morgan fingerprint density at radius 3 is 2.58 bits per heavy atom. The number of nitrogens with zero attached hydrogens (tertiary/aromatic N) is 1. The average molecular weight is 262 g/mol. The van der Waals surface area contributed by atoms with Crippen LogP contribution in [0, 0.1) is 5.92 Å². The molecule has 0 amide bonds. The third-order valence-electron chi connectivity index (χ3n) is 3.94. The van der Waals surface area contributed by atoms with Crippen molar-refractivity contribution in [1.82, 2.24) is 4.90 Å². The molecule has 106 valence electrons. The summed E-state index contributed by atoms with van der Waals surface area (Å²) in [7, 11) is 1.79. The highest BCUT2D eigenvalue weighted by Gasteiger charge is 2.20. The molecule has 1 aromatic carbocycles. The molecule has 19 heavy (non-hydrogen) atoms. The van der Waals surface area contributed by atoms with Crippen LogP contribution in [0.25, 0.3) is 0 Å². The van der Waals surface area contributed by atoms with Gasteiger partial charge in [0.05, 0.1) is 0 Å². The Balaban J connectivity index is 1.70. The predicted octanol–water partition coefficient (Wildman–Crippen LogP) is 1.91. The molecular formula is C16H26N2O. The molecule has 1 atom stereocenters. The van der Waals surface area contributed by atoms with Gasteiger partial charge in [0.1, 0.15) is 0 Å². The molecule has 2 rings (SSSR count). The van der Waals surface area contributed by atoms with E-state index in [4.69, 9.17) is 10.5 Å². The highest BCUT2D eigenvalue weighted by atomic mass is 16.5. The third-order valence-corrected chi connectivity index (χ3v) is 3.94. The second-order valence-electron chi connectivity index (χ2n) is 5.65. The second-order valence-corrected chi connectivity index (χ2v) is 5.65. The van der Waals surface area contributed by atoms with Crippen LogP contribution >= 0.6 is 0 Å². The second kappa shape index (κ2) is 7.63. The van der Waals surface area contributed by atoms with Crippen molar-refractivity contribution >= 4 is 0 Å². The minimum Gasteiger partial charge on any atom is -0.384 e. The lowest BCUT2D eigenvalue weighted by Crippen LogP contribution is -2.43. The van der Waals surface area contributed by atoms with Crippen molar-refractivity contribution < 1.29 is 4.74 Å². The molecule has 1 aliphatic rings. The first kappa shape index (κ1) is 14.5. The summed E-state index contributed by atoms with van der Waals surface area (Å²) in [5.41, 5.74) is 7.60. The average Bonchev–Trinajstić information content (AvgIpc) is 2.42. The van der Waals surface area contributed by atoms with Crippen molar-refractivity contribution in [3.8, 4) is 0 Å². The van der Waals surface area contributed by atoms with Gasteiger partial charge in [-0.25, -0.2) is 0 Å². The normalized spacial score (nSPS) is 19.5. The van der Waals surface area contributed by atoms with Gasteiger partial charge in [0.15, 0.2) is 0 Å². The molecule has 0 aromatic heterocycles. The van der Waals surface area contributed by atoms with Gasteiger partial charge in [0.25, 0.3) is 0 Å². The van der Waals surface area contributed by atoms with Crippen molar-refractivity contribution in [3.63, 3.8) is 0 Å². The number of benzene rings is 1. The Labute approximate surface area is 116 Å². The molecule has 0 spiro atoms. The van der Waals surface area contributed by atoms with Crippen LogP contribution in [0.2, 0.25) is 0 Å².